The van der Waals surface area contributed by atoms with Gasteiger partial charge in [0.2, 0.25) is 11.8 Å². The average Bonchev–Trinajstić information content (AvgIpc) is 2.69. The second kappa shape index (κ2) is 9.20. The van der Waals surface area contributed by atoms with E-state index in [0.29, 0.717) is 5.02 Å². The second-order valence-corrected chi connectivity index (χ2v) is 6.99. The molecule has 0 radical (unpaired) electrons. The van der Waals surface area contributed by atoms with Crippen LogP contribution in [0, 0.1) is 0 Å². The summed E-state index contributed by atoms with van der Waals surface area (Å²) in [5.74, 6) is -1.40. The van der Waals surface area contributed by atoms with Gasteiger partial charge in [-0.3, -0.25) is 9.59 Å². The quantitative estimate of drug-likeness (QED) is 0.643. The van der Waals surface area contributed by atoms with Crippen molar-refractivity contribution in [1.82, 2.24) is 5.32 Å². The van der Waals surface area contributed by atoms with Crippen molar-refractivity contribution in [3.05, 3.63) is 107 Å². The molecule has 3 N–H and O–H groups in total. The zero-order chi connectivity index (χ0) is 19.9. The first-order valence-electron chi connectivity index (χ1n) is 8.98. The van der Waals surface area contributed by atoms with Gasteiger partial charge in [0.15, 0.2) is 0 Å². The first-order valence-corrected chi connectivity index (χ1v) is 9.36. The van der Waals surface area contributed by atoms with Gasteiger partial charge in [-0.15, -0.1) is 0 Å². The highest BCUT2D eigenvalue weighted by atomic mass is 35.5. The molecule has 0 bridgehead atoms. The largest absolute Gasteiger partial charge is 0.368 e. The number of primary amides is 1. The van der Waals surface area contributed by atoms with Crippen LogP contribution in [-0.2, 0) is 16.0 Å². The summed E-state index contributed by atoms with van der Waals surface area (Å²) in [6, 6.07) is 25.2. The molecule has 2 amide bonds. The Bertz CT molecular complexity index is 906. The monoisotopic (exact) mass is 392 g/mol. The van der Waals surface area contributed by atoms with E-state index < -0.39 is 17.9 Å². The van der Waals surface area contributed by atoms with Gasteiger partial charge in [0, 0.05) is 11.4 Å². The summed E-state index contributed by atoms with van der Waals surface area (Å²) in [6.45, 7) is 0. The summed E-state index contributed by atoms with van der Waals surface area (Å²) in [5.41, 5.74) is 8.08. The third-order valence-electron chi connectivity index (χ3n) is 4.52. The van der Waals surface area contributed by atoms with Crippen molar-refractivity contribution in [2.45, 2.75) is 18.4 Å². The van der Waals surface area contributed by atoms with Crippen molar-refractivity contribution in [2.24, 2.45) is 5.73 Å². The Balaban J connectivity index is 1.86. The molecule has 0 saturated carbocycles. The third-order valence-corrected chi connectivity index (χ3v) is 4.75. The van der Waals surface area contributed by atoms with Crippen molar-refractivity contribution in [1.29, 1.82) is 0 Å². The van der Waals surface area contributed by atoms with Crippen LogP contribution in [0.1, 0.15) is 22.6 Å². The van der Waals surface area contributed by atoms with Crippen molar-refractivity contribution in [3.8, 4) is 0 Å². The Hall–Kier alpha value is -3.11. The lowest BCUT2D eigenvalue weighted by Crippen LogP contribution is -2.47. The Morgan fingerprint density at radius 3 is 1.93 bits per heavy atom. The summed E-state index contributed by atoms with van der Waals surface area (Å²) in [5, 5.41) is 3.39. The van der Waals surface area contributed by atoms with E-state index in [9.17, 15) is 9.59 Å². The van der Waals surface area contributed by atoms with Gasteiger partial charge >= 0.3 is 0 Å². The van der Waals surface area contributed by atoms with E-state index in [0.717, 1.165) is 16.7 Å². The molecular weight excluding hydrogens is 372 g/mol. The SMILES string of the molecule is NC(=O)[C@H](Cc1cccc(Cl)c1)NC(=O)C(c1ccccc1)c1ccccc1. The van der Waals surface area contributed by atoms with Crippen LogP contribution in [0.3, 0.4) is 0 Å². The molecule has 0 heterocycles. The molecule has 1 atom stereocenters. The minimum Gasteiger partial charge on any atom is -0.368 e. The molecule has 0 fully saturated rings. The molecule has 5 heteroatoms. The van der Waals surface area contributed by atoms with Gasteiger partial charge < -0.3 is 11.1 Å². The number of carbonyl (C=O) groups is 2. The molecule has 3 aromatic carbocycles. The van der Waals surface area contributed by atoms with Crippen LogP contribution in [-0.4, -0.2) is 17.9 Å². The van der Waals surface area contributed by atoms with E-state index >= 15 is 0 Å². The average molecular weight is 393 g/mol. The van der Waals surface area contributed by atoms with Gasteiger partial charge in [-0.2, -0.15) is 0 Å². The number of nitrogens with one attached hydrogen (secondary N) is 1. The molecule has 4 nitrogen and oxygen atoms in total. The zero-order valence-electron chi connectivity index (χ0n) is 15.2. The summed E-state index contributed by atoms with van der Waals surface area (Å²) in [6.07, 6.45) is 0.276. The van der Waals surface area contributed by atoms with E-state index in [4.69, 9.17) is 17.3 Å². The molecule has 28 heavy (non-hydrogen) atoms. The smallest absolute Gasteiger partial charge is 0.240 e. The van der Waals surface area contributed by atoms with Crippen LogP contribution in [0.25, 0.3) is 0 Å². The summed E-state index contributed by atoms with van der Waals surface area (Å²) in [4.78, 5) is 25.2. The fourth-order valence-electron chi connectivity index (χ4n) is 3.16. The maximum Gasteiger partial charge on any atom is 0.240 e. The van der Waals surface area contributed by atoms with Crippen molar-refractivity contribution in [3.63, 3.8) is 0 Å². The lowest BCUT2D eigenvalue weighted by Gasteiger charge is -2.22. The Kier molecular flexibility index (Phi) is 6.45. The second-order valence-electron chi connectivity index (χ2n) is 6.55. The van der Waals surface area contributed by atoms with Crippen molar-refractivity contribution in [2.75, 3.05) is 0 Å². The molecule has 3 aromatic rings. The summed E-state index contributed by atoms with van der Waals surface area (Å²) in [7, 11) is 0. The minimum atomic E-state index is -0.833. The number of nitrogens with two attached hydrogens (primary N) is 1. The molecule has 3 rings (SSSR count). The van der Waals surface area contributed by atoms with Crippen LogP contribution in [0.15, 0.2) is 84.9 Å². The molecule has 0 spiro atoms. The van der Waals surface area contributed by atoms with E-state index in [1.54, 1.807) is 18.2 Å². The van der Waals surface area contributed by atoms with Crippen LogP contribution in [0.4, 0.5) is 0 Å². The Morgan fingerprint density at radius 2 is 1.43 bits per heavy atom. The van der Waals surface area contributed by atoms with E-state index in [1.807, 2.05) is 66.7 Å². The van der Waals surface area contributed by atoms with E-state index in [2.05, 4.69) is 5.32 Å². The summed E-state index contributed by atoms with van der Waals surface area (Å²) >= 11 is 6.02. The Morgan fingerprint density at radius 1 is 0.857 bits per heavy atom. The van der Waals surface area contributed by atoms with Gasteiger partial charge in [-0.1, -0.05) is 84.4 Å². The number of rotatable bonds is 7. The molecule has 0 aliphatic carbocycles. The number of hydrogen-bond acceptors (Lipinski definition) is 2. The van der Waals surface area contributed by atoms with Gasteiger partial charge in [-0.05, 0) is 28.8 Å². The highest BCUT2D eigenvalue weighted by molar-refractivity contribution is 6.30. The third kappa shape index (κ3) is 4.99. The molecule has 0 aromatic heterocycles. The van der Waals surface area contributed by atoms with Gasteiger partial charge in [0.25, 0.3) is 0 Å². The van der Waals surface area contributed by atoms with Gasteiger partial charge in [0.1, 0.15) is 6.04 Å². The molecule has 0 aliphatic rings. The zero-order valence-corrected chi connectivity index (χ0v) is 16.0. The number of benzene rings is 3. The number of halogens is 1. The normalized spacial score (nSPS) is 11.8. The predicted octanol–water partition coefficient (Wildman–Crippen LogP) is 3.68. The standard InChI is InChI=1S/C23H21ClN2O2/c24-19-13-7-8-16(14-19)15-20(22(25)27)26-23(28)21(17-9-3-1-4-10-17)18-11-5-2-6-12-18/h1-14,20-21H,15H2,(H2,25,27)(H,26,28)/t20-/m0/s1. The molecule has 0 saturated heterocycles. The van der Waals surface area contributed by atoms with E-state index in [1.165, 1.54) is 0 Å². The maximum atomic E-state index is 13.2. The molecule has 0 unspecified atom stereocenters. The fourth-order valence-corrected chi connectivity index (χ4v) is 3.38. The lowest BCUT2D eigenvalue weighted by molar-refractivity contribution is -0.127. The molecule has 0 aliphatic heterocycles. The predicted molar refractivity (Wildman–Crippen MR) is 111 cm³/mol. The van der Waals surface area contributed by atoms with Crippen LogP contribution >= 0.6 is 11.6 Å². The topological polar surface area (TPSA) is 72.2 Å². The highest BCUT2D eigenvalue weighted by Gasteiger charge is 2.27. The molecule has 142 valence electrons. The lowest BCUT2D eigenvalue weighted by atomic mass is 9.90. The summed E-state index contributed by atoms with van der Waals surface area (Å²) < 4.78 is 0. The minimum absolute atomic E-state index is 0.275. The van der Waals surface area contributed by atoms with E-state index in [-0.39, 0.29) is 12.3 Å². The van der Waals surface area contributed by atoms with Gasteiger partial charge in [0.05, 0.1) is 5.92 Å². The first-order chi connectivity index (χ1) is 13.5. The van der Waals surface area contributed by atoms with Gasteiger partial charge in [-0.25, -0.2) is 0 Å². The van der Waals surface area contributed by atoms with Crippen molar-refractivity contribution < 1.29 is 9.59 Å². The highest BCUT2D eigenvalue weighted by Crippen LogP contribution is 2.25. The maximum absolute atomic E-state index is 13.2. The first kappa shape index (κ1) is 19.6. The van der Waals surface area contributed by atoms with Crippen LogP contribution in [0.2, 0.25) is 5.02 Å². The number of hydrogen-bond donors (Lipinski definition) is 2. The number of carbonyl (C=O) groups excluding carboxylic acids is 2. The van der Waals surface area contributed by atoms with Crippen LogP contribution in [0.5, 0.6) is 0 Å². The number of amides is 2. The van der Waals surface area contributed by atoms with Crippen molar-refractivity contribution >= 4 is 23.4 Å². The fraction of sp³-hybridized carbons (Fsp3) is 0.130. The van der Waals surface area contributed by atoms with Crippen LogP contribution < -0.4 is 11.1 Å². The molecular formula is C23H21ClN2O2. The Labute approximate surface area is 169 Å².